The van der Waals surface area contributed by atoms with Crippen LogP contribution in [0.4, 0.5) is 5.82 Å². The van der Waals surface area contributed by atoms with E-state index in [1.54, 1.807) is 12.3 Å². The summed E-state index contributed by atoms with van der Waals surface area (Å²) in [5, 5.41) is 10.4. The second kappa shape index (κ2) is 3.59. The number of nitrogens with zero attached hydrogens (tertiary/aromatic N) is 2. The van der Waals surface area contributed by atoms with Crippen LogP contribution >= 0.6 is 0 Å². The van der Waals surface area contributed by atoms with Crippen molar-refractivity contribution >= 4 is 22.8 Å². The molecule has 82 valence electrons. The fraction of sp³-hybridized carbons (Fsp3) is 0.364. The third kappa shape index (κ3) is 1.88. The topological polar surface area (TPSA) is 70.7 Å². The van der Waals surface area contributed by atoms with Crippen molar-refractivity contribution < 1.29 is 4.79 Å². The van der Waals surface area contributed by atoms with E-state index in [2.05, 4.69) is 20.5 Å². The van der Waals surface area contributed by atoms with Gasteiger partial charge in [-0.15, -0.1) is 0 Å². The Kier molecular flexibility index (Phi) is 2.09. The van der Waals surface area contributed by atoms with Crippen molar-refractivity contribution in [1.29, 1.82) is 0 Å². The van der Waals surface area contributed by atoms with Crippen molar-refractivity contribution in [2.75, 3.05) is 5.32 Å². The number of hydrogen-bond acceptors (Lipinski definition) is 3. The number of aromatic nitrogens is 3. The molecule has 5 nitrogen and oxygen atoms in total. The van der Waals surface area contributed by atoms with Crippen molar-refractivity contribution in [3.8, 4) is 0 Å². The number of aromatic amines is 1. The summed E-state index contributed by atoms with van der Waals surface area (Å²) in [6.07, 6.45) is 4.68. The highest BCUT2D eigenvalue weighted by atomic mass is 16.1. The normalized spacial score (nSPS) is 15.2. The molecular weight excluding hydrogens is 204 g/mol. The van der Waals surface area contributed by atoms with E-state index < -0.39 is 0 Å². The van der Waals surface area contributed by atoms with Crippen LogP contribution in [0.2, 0.25) is 0 Å². The van der Waals surface area contributed by atoms with Crippen molar-refractivity contribution in [2.45, 2.75) is 19.3 Å². The SMILES string of the molecule is O=C(CC1CC1)Nc1ccc2cn[nH]c2n1. The van der Waals surface area contributed by atoms with E-state index in [-0.39, 0.29) is 5.91 Å². The lowest BCUT2D eigenvalue weighted by molar-refractivity contribution is -0.116. The third-order valence-electron chi connectivity index (χ3n) is 2.74. The molecule has 1 aliphatic rings. The minimum Gasteiger partial charge on any atom is -0.311 e. The van der Waals surface area contributed by atoms with E-state index in [0.717, 1.165) is 5.39 Å². The van der Waals surface area contributed by atoms with Gasteiger partial charge in [-0.25, -0.2) is 4.98 Å². The number of anilines is 1. The summed E-state index contributed by atoms with van der Waals surface area (Å²) in [7, 11) is 0. The van der Waals surface area contributed by atoms with Crippen LogP contribution in [-0.4, -0.2) is 21.1 Å². The quantitative estimate of drug-likeness (QED) is 0.820. The van der Waals surface area contributed by atoms with Gasteiger partial charge in [-0.2, -0.15) is 5.10 Å². The highest BCUT2D eigenvalue weighted by Gasteiger charge is 2.24. The first-order valence-corrected chi connectivity index (χ1v) is 5.41. The molecule has 16 heavy (non-hydrogen) atoms. The first kappa shape index (κ1) is 9.33. The van der Waals surface area contributed by atoms with Crippen LogP contribution in [-0.2, 0) is 4.79 Å². The molecule has 2 N–H and O–H groups in total. The number of carbonyl (C=O) groups excluding carboxylic acids is 1. The molecule has 0 atom stereocenters. The Morgan fingerprint density at radius 3 is 3.19 bits per heavy atom. The first-order valence-electron chi connectivity index (χ1n) is 5.41. The van der Waals surface area contributed by atoms with E-state index >= 15 is 0 Å². The molecule has 1 fully saturated rings. The molecule has 2 aromatic rings. The summed E-state index contributed by atoms with van der Waals surface area (Å²) in [5.41, 5.74) is 0.698. The summed E-state index contributed by atoms with van der Waals surface area (Å²) in [5.74, 6) is 1.23. The summed E-state index contributed by atoms with van der Waals surface area (Å²) in [4.78, 5) is 15.8. The molecule has 1 saturated carbocycles. The predicted molar refractivity (Wildman–Crippen MR) is 59.9 cm³/mol. The minimum absolute atomic E-state index is 0.0499. The highest BCUT2D eigenvalue weighted by Crippen LogP contribution is 2.32. The van der Waals surface area contributed by atoms with Gasteiger partial charge in [0, 0.05) is 11.8 Å². The Morgan fingerprint density at radius 1 is 1.50 bits per heavy atom. The Labute approximate surface area is 92.3 Å². The molecule has 2 aromatic heterocycles. The van der Waals surface area contributed by atoms with E-state index in [4.69, 9.17) is 0 Å². The predicted octanol–water partition coefficient (Wildman–Crippen LogP) is 1.70. The molecule has 0 unspecified atom stereocenters. The van der Waals surface area contributed by atoms with Crippen molar-refractivity contribution in [3.63, 3.8) is 0 Å². The van der Waals surface area contributed by atoms with Crippen LogP contribution < -0.4 is 5.32 Å². The Bertz CT molecular complexity index is 530. The van der Waals surface area contributed by atoms with E-state index in [1.807, 2.05) is 6.07 Å². The fourth-order valence-electron chi connectivity index (χ4n) is 1.67. The van der Waals surface area contributed by atoms with Crippen molar-refractivity contribution in [3.05, 3.63) is 18.3 Å². The Morgan fingerprint density at radius 2 is 2.38 bits per heavy atom. The number of rotatable bonds is 3. The number of pyridine rings is 1. The van der Waals surface area contributed by atoms with Gasteiger partial charge in [0.05, 0.1) is 6.20 Å². The standard InChI is InChI=1S/C11H12N4O/c16-10(5-7-1-2-7)13-9-4-3-8-6-12-15-11(8)14-9/h3-4,6-7H,1-2,5H2,(H2,12,13,14,15,16). The van der Waals surface area contributed by atoms with Gasteiger partial charge in [-0.05, 0) is 30.9 Å². The second-order valence-electron chi connectivity index (χ2n) is 4.20. The zero-order chi connectivity index (χ0) is 11.0. The number of fused-ring (bicyclic) bond motifs is 1. The monoisotopic (exact) mass is 216 g/mol. The molecule has 1 amide bonds. The molecule has 0 aliphatic heterocycles. The van der Waals surface area contributed by atoms with E-state index in [0.29, 0.717) is 23.8 Å². The average molecular weight is 216 g/mol. The summed E-state index contributed by atoms with van der Waals surface area (Å²) < 4.78 is 0. The number of carbonyl (C=O) groups is 1. The minimum atomic E-state index is 0.0499. The fourth-order valence-corrected chi connectivity index (χ4v) is 1.67. The van der Waals surface area contributed by atoms with Crippen LogP contribution in [0.25, 0.3) is 11.0 Å². The molecule has 0 radical (unpaired) electrons. The van der Waals surface area contributed by atoms with Crippen LogP contribution in [0.1, 0.15) is 19.3 Å². The number of nitrogens with one attached hydrogen (secondary N) is 2. The zero-order valence-electron chi connectivity index (χ0n) is 8.73. The molecule has 0 bridgehead atoms. The highest BCUT2D eigenvalue weighted by molar-refractivity contribution is 5.91. The summed E-state index contributed by atoms with van der Waals surface area (Å²) in [6, 6.07) is 3.68. The van der Waals surface area contributed by atoms with Crippen LogP contribution in [0, 0.1) is 5.92 Å². The average Bonchev–Trinajstić information content (AvgIpc) is 2.95. The maximum atomic E-state index is 11.6. The van der Waals surface area contributed by atoms with Crippen LogP contribution in [0.15, 0.2) is 18.3 Å². The molecule has 5 heteroatoms. The summed E-state index contributed by atoms with van der Waals surface area (Å²) in [6.45, 7) is 0. The molecule has 2 heterocycles. The molecule has 1 aliphatic carbocycles. The molecule has 0 aromatic carbocycles. The smallest absolute Gasteiger partial charge is 0.225 e. The second-order valence-corrected chi connectivity index (χ2v) is 4.20. The van der Waals surface area contributed by atoms with Gasteiger partial charge < -0.3 is 5.32 Å². The molecular formula is C11H12N4O. The van der Waals surface area contributed by atoms with Gasteiger partial charge in [0.15, 0.2) is 5.65 Å². The Balaban J connectivity index is 1.74. The van der Waals surface area contributed by atoms with Gasteiger partial charge in [-0.3, -0.25) is 9.89 Å². The Hall–Kier alpha value is -1.91. The van der Waals surface area contributed by atoms with E-state index in [1.165, 1.54) is 12.8 Å². The van der Waals surface area contributed by atoms with Crippen LogP contribution in [0.5, 0.6) is 0 Å². The van der Waals surface area contributed by atoms with E-state index in [9.17, 15) is 4.79 Å². The molecule has 3 rings (SSSR count). The maximum Gasteiger partial charge on any atom is 0.225 e. The number of H-pyrrole nitrogens is 1. The lowest BCUT2D eigenvalue weighted by atomic mass is 10.3. The largest absolute Gasteiger partial charge is 0.311 e. The lowest BCUT2D eigenvalue weighted by Crippen LogP contribution is -2.12. The molecule has 0 saturated heterocycles. The van der Waals surface area contributed by atoms with Gasteiger partial charge in [-0.1, -0.05) is 0 Å². The van der Waals surface area contributed by atoms with Crippen molar-refractivity contribution in [1.82, 2.24) is 15.2 Å². The number of hydrogen-bond donors (Lipinski definition) is 2. The maximum absolute atomic E-state index is 11.6. The van der Waals surface area contributed by atoms with Crippen molar-refractivity contribution in [2.24, 2.45) is 5.92 Å². The number of amides is 1. The van der Waals surface area contributed by atoms with Gasteiger partial charge >= 0.3 is 0 Å². The zero-order valence-corrected chi connectivity index (χ0v) is 8.73. The van der Waals surface area contributed by atoms with Gasteiger partial charge in [0.1, 0.15) is 5.82 Å². The van der Waals surface area contributed by atoms with Gasteiger partial charge in [0.25, 0.3) is 0 Å². The first-order chi connectivity index (χ1) is 7.81. The summed E-state index contributed by atoms with van der Waals surface area (Å²) >= 11 is 0. The lowest BCUT2D eigenvalue weighted by Gasteiger charge is -2.02. The molecule has 0 spiro atoms. The van der Waals surface area contributed by atoms with Crippen LogP contribution in [0.3, 0.4) is 0 Å². The third-order valence-corrected chi connectivity index (χ3v) is 2.74. The van der Waals surface area contributed by atoms with Gasteiger partial charge in [0.2, 0.25) is 5.91 Å².